The fraction of sp³-hybridized carbons (Fsp3) is 0.316. The summed E-state index contributed by atoms with van der Waals surface area (Å²) >= 11 is 5.89. The number of sulfonamides is 1. The summed E-state index contributed by atoms with van der Waals surface area (Å²) in [5.74, 6) is 0.229. The molecule has 0 aromatic heterocycles. The van der Waals surface area contributed by atoms with E-state index in [1.54, 1.807) is 44.2 Å². The summed E-state index contributed by atoms with van der Waals surface area (Å²) in [5.41, 5.74) is 1.32. The van der Waals surface area contributed by atoms with Crippen molar-refractivity contribution >= 4 is 33.2 Å². The average Bonchev–Trinajstić information content (AvgIpc) is 2.60. The minimum Gasteiger partial charge on any atom is -0.483 e. The van der Waals surface area contributed by atoms with Crippen LogP contribution < -0.4 is 10.1 Å². The van der Waals surface area contributed by atoms with Gasteiger partial charge in [-0.15, -0.1) is 0 Å². The fourth-order valence-electron chi connectivity index (χ4n) is 2.27. The number of carbonyl (C=O) groups is 1. The lowest BCUT2D eigenvalue weighted by molar-refractivity contribution is -0.118. The van der Waals surface area contributed by atoms with E-state index in [0.29, 0.717) is 16.5 Å². The number of amides is 1. The molecule has 0 aliphatic heterocycles. The molecule has 1 N–H and O–H groups in total. The fourth-order valence-corrected chi connectivity index (χ4v) is 3.86. The second kappa shape index (κ2) is 8.73. The first-order valence-electron chi connectivity index (χ1n) is 8.38. The molecule has 0 aliphatic carbocycles. The first kappa shape index (κ1) is 21.2. The zero-order chi connectivity index (χ0) is 20.2. The lowest BCUT2D eigenvalue weighted by Gasteiger charge is -2.21. The van der Waals surface area contributed by atoms with Crippen molar-refractivity contribution in [1.29, 1.82) is 0 Å². The lowest BCUT2D eigenvalue weighted by Crippen LogP contribution is -2.33. The summed E-state index contributed by atoms with van der Waals surface area (Å²) in [4.78, 5) is 12.2. The van der Waals surface area contributed by atoms with Gasteiger partial charge in [0.15, 0.2) is 6.61 Å². The minimum absolute atomic E-state index is 0.150. The van der Waals surface area contributed by atoms with Gasteiger partial charge in [-0.3, -0.25) is 4.79 Å². The zero-order valence-corrected chi connectivity index (χ0v) is 17.3. The molecule has 0 unspecified atom stereocenters. The number of aryl methyl sites for hydroxylation is 1. The number of anilines is 1. The molecule has 146 valence electrons. The van der Waals surface area contributed by atoms with Crippen LogP contribution in [0.4, 0.5) is 5.69 Å². The maximum atomic E-state index is 12.4. The van der Waals surface area contributed by atoms with Crippen LogP contribution >= 0.6 is 11.6 Å². The first-order chi connectivity index (χ1) is 12.6. The van der Waals surface area contributed by atoms with Crippen molar-refractivity contribution < 1.29 is 17.9 Å². The first-order valence-corrected chi connectivity index (χ1v) is 10.2. The number of carbonyl (C=O) groups excluding carboxylic acids is 1. The molecule has 8 heteroatoms. The molecule has 2 aromatic carbocycles. The molecule has 6 nitrogen and oxygen atoms in total. The molecular weight excluding hydrogens is 388 g/mol. The van der Waals surface area contributed by atoms with Gasteiger partial charge in [-0.05, 0) is 68.8 Å². The lowest BCUT2D eigenvalue weighted by atomic mass is 10.2. The van der Waals surface area contributed by atoms with E-state index in [4.69, 9.17) is 16.3 Å². The number of nitrogens with one attached hydrogen (secondary N) is 1. The molecule has 0 saturated heterocycles. The Bertz CT molecular complexity index is 912. The van der Waals surface area contributed by atoms with Crippen LogP contribution in [0.5, 0.6) is 5.75 Å². The number of ether oxygens (including phenoxy) is 1. The summed E-state index contributed by atoms with van der Waals surface area (Å²) in [6, 6.07) is 11.0. The number of hydrogen-bond acceptors (Lipinski definition) is 4. The van der Waals surface area contributed by atoms with Crippen molar-refractivity contribution in [2.45, 2.75) is 31.7 Å². The van der Waals surface area contributed by atoms with Crippen LogP contribution in [0.2, 0.25) is 5.02 Å². The van der Waals surface area contributed by atoms with Crippen LogP contribution in [0.3, 0.4) is 0 Å². The molecular formula is C19H23ClN2O4S. The normalized spacial score (nSPS) is 11.7. The Morgan fingerprint density at radius 3 is 2.37 bits per heavy atom. The van der Waals surface area contributed by atoms with Crippen molar-refractivity contribution in [3.63, 3.8) is 0 Å². The Morgan fingerprint density at radius 2 is 1.81 bits per heavy atom. The molecule has 0 fully saturated rings. The Balaban J connectivity index is 1.98. The molecule has 1 amide bonds. The standard InChI is InChI=1S/C19H23ClN2O4S/c1-13(2)22(4)27(24,25)17-8-6-16(7-9-17)21-19(23)12-26-18-10-5-15(20)11-14(18)3/h5-11,13H,12H2,1-4H3,(H,21,23). The topological polar surface area (TPSA) is 75.7 Å². The van der Waals surface area contributed by atoms with E-state index in [0.717, 1.165) is 5.56 Å². The van der Waals surface area contributed by atoms with E-state index in [1.807, 2.05) is 6.92 Å². The van der Waals surface area contributed by atoms with Gasteiger partial charge >= 0.3 is 0 Å². The zero-order valence-electron chi connectivity index (χ0n) is 15.7. The Labute approximate surface area is 165 Å². The van der Waals surface area contributed by atoms with Gasteiger partial charge in [0.05, 0.1) is 4.90 Å². The quantitative estimate of drug-likeness (QED) is 0.755. The van der Waals surface area contributed by atoms with Crippen molar-refractivity contribution in [1.82, 2.24) is 4.31 Å². The summed E-state index contributed by atoms with van der Waals surface area (Å²) < 4.78 is 31.6. The van der Waals surface area contributed by atoms with E-state index in [-0.39, 0.29) is 23.5 Å². The number of benzene rings is 2. The predicted molar refractivity (Wildman–Crippen MR) is 107 cm³/mol. The largest absolute Gasteiger partial charge is 0.483 e. The third-order valence-electron chi connectivity index (χ3n) is 4.04. The average molecular weight is 411 g/mol. The highest BCUT2D eigenvalue weighted by Crippen LogP contribution is 2.22. The Hall–Kier alpha value is -2.09. The molecule has 2 rings (SSSR count). The van der Waals surface area contributed by atoms with Crippen LogP contribution in [0.1, 0.15) is 19.4 Å². The summed E-state index contributed by atoms with van der Waals surface area (Å²) in [7, 11) is -2.02. The van der Waals surface area contributed by atoms with Crippen molar-refractivity contribution in [3.8, 4) is 5.75 Å². The van der Waals surface area contributed by atoms with Crippen LogP contribution in [-0.2, 0) is 14.8 Å². The highest BCUT2D eigenvalue weighted by atomic mass is 35.5. The van der Waals surface area contributed by atoms with Crippen LogP contribution in [-0.4, -0.2) is 38.3 Å². The van der Waals surface area contributed by atoms with Gasteiger partial charge < -0.3 is 10.1 Å². The molecule has 0 spiro atoms. The van der Waals surface area contributed by atoms with E-state index in [1.165, 1.54) is 23.5 Å². The molecule has 0 atom stereocenters. The SMILES string of the molecule is Cc1cc(Cl)ccc1OCC(=O)Nc1ccc(S(=O)(=O)N(C)C(C)C)cc1. The molecule has 27 heavy (non-hydrogen) atoms. The molecule has 0 heterocycles. The Morgan fingerprint density at radius 1 is 1.19 bits per heavy atom. The summed E-state index contributed by atoms with van der Waals surface area (Å²) in [5, 5.41) is 3.27. The smallest absolute Gasteiger partial charge is 0.262 e. The predicted octanol–water partition coefficient (Wildman–Crippen LogP) is 3.69. The van der Waals surface area contributed by atoms with Gasteiger partial charge in [0.25, 0.3) is 5.91 Å². The summed E-state index contributed by atoms with van der Waals surface area (Å²) in [6.45, 7) is 5.27. The minimum atomic E-state index is -3.55. The number of nitrogens with zero attached hydrogens (tertiary/aromatic N) is 1. The van der Waals surface area contributed by atoms with Crippen molar-refractivity contribution in [3.05, 3.63) is 53.1 Å². The number of hydrogen-bond donors (Lipinski definition) is 1. The van der Waals surface area contributed by atoms with Gasteiger partial charge in [0.1, 0.15) is 5.75 Å². The van der Waals surface area contributed by atoms with Crippen LogP contribution in [0.15, 0.2) is 47.4 Å². The highest BCUT2D eigenvalue weighted by Gasteiger charge is 2.22. The van der Waals surface area contributed by atoms with Gasteiger partial charge in [0.2, 0.25) is 10.0 Å². The summed E-state index contributed by atoms with van der Waals surface area (Å²) in [6.07, 6.45) is 0. The second-order valence-electron chi connectivity index (χ2n) is 6.39. The second-order valence-corrected chi connectivity index (χ2v) is 8.82. The molecule has 0 saturated carbocycles. The van der Waals surface area contributed by atoms with E-state index in [2.05, 4.69) is 5.32 Å². The van der Waals surface area contributed by atoms with Crippen molar-refractivity contribution in [2.24, 2.45) is 0 Å². The molecule has 0 radical (unpaired) electrons. The van der Waals surface area contributed by atoms with Crippen LogP contribution in [0, 0.1) is 6.92 Å². The molecule has 2 aromatic rings. The van der Waals surface area contributed by atoms with Gasteiger partial charge in [-0.1, -0.05) is 11.6 Å². The highest BCUT2D eigenvalue weighted by molar-refractivity contribution is 7.89. The maximum absolute atomic E-state index is 12.4. The van der Waals surface area contributed by atoms with E-state index < -0.39 is 10.0 Å². The molecule has 0 aliphatic rings. The van der Waals surface area contributed by atoms with E-state index in [9.17, 15) is 13.2 Å². The number of halogens is 1. The maximum Gasteiger partial charge on any atom is 0.262 e. The van der Waals surface area contributed by atoms with Gasteiger partial charge in [0, 0.05) is 23.8 Å². The van der Waals surface area contributed by atoms with Gasteiger partial charge in [-0.25, -0.2) is 8.42 Å². The van der Waals surface area contributed by atoms with Crippen LogP contribution in [0.25, 0.3) is 0 Å². The monoisotopic (exact) mass is 410 g/mol. The molecule has 0 bridgehead atoms. The third-order valence-corrected chi connectivity index (χ3v) is 6.32. The third kappa shape index (κ3) is 5.45. The van der Waals surface area contributed by atoms with E-state index >= 15 is 0 Å². The Kier molecular flexibility index (Phi) is 6.86. The van der Waals surface area contributed by atoms with Crippen molar-refractivity contribution in [2.75, 3.05) is 19.0 Å². The van der Waals surface area contributed by atoms with Gasteiger partial charge in [-0.2, -0.15) is 4.31 Å². The number of rotatable bonds is 7.